The molecular weight excluding hydrogens is 312 g/mol. The topological polar surface area (TPSA) is 62.7 Å². The van der Waals surface area contributed by atoms with Crippen molar-refractivity contribution in [1.82, 2.24) is 19.9 Å². The zero-order chi connectivity index (χ0) is 17.2. The minimum Gasteiger partial charge on any atom is -0.358 e. The van der Waals surface area contributed by atoms with Gasteiger partial charge in [0.05, 0.1) is 0 Å². The number of carbonyl (C=O) groups is 1. The summed E-state index contributed by atoms with van der Waals surface area (Å²) in [5, 5.41) is 4.35. The molecule has 1 aliphatic carbocycles. The van der Waals surface area contributed by atoms with Crippen LogP contribution in [0.4, 0.5) is 0 Å². The van der Waals surface area contributed by atoms with Crippen molar-refractivity contribution in [2.45, 2.75) is 52.1 Å². The molecule has 2 aromatic heterocycles. The number of H-pyrrole nitrogens is 1. The van der Waals surface area contributed by atoms with Crippen LogP contribution in [-0.2, 0) is 37.1 Å². The van der Waals surface area contributed by atoms with Crippen molar-refractivity contribution in [3.8, 4) is 0 Å². The van der Waals surface area contributed by atoms with Gasteiger partial charge < -0.3 is 14.9 Å². The zero-order valence-electron chi connectivity index (χ0n) is 14.6. The molecule has 1 aliphatic rings. The van der Waals surface area contributed by atoms with E-state index in [9.17, 15) is 4.79 Å². The fourth-order valence-electron chi connectivity index (χ4n) is 3.77. The third-order valence-electron chi connectivity index (χ3n) is 5.08. The van der Waals surface area contributed by atoms with Crippen LogP contribution in [0, 0.1) is 0 Å². The minimum absolute atomic E-state index is 0.0175. The number of hydrogen-bond acceptors (Lipinski definition) is 2. The van der Waals surface area contributed by atoms with Crippen molar-refractivity contribution in [1.29, 1.82) is 0 Å². The van der Waals surface area contributed by atoms with E-state index in [0.29, 0.717) is 13.1 Å². The van der Waals surface area contributed by atoms with E-state index in [4.69, 9.17) is 0 Å². The number of carbonyl (C=O) groups excluding carboxylic acids is 1. The van der Waals surface area contributed by atoms with Crippen LogP contribution in [0.2, 0.25) is 0 Å². The average Bonchev–Trinajstić information content (AvgIpc) is 3.23. The summed E-state index contributed by atoms with van der Waals surface area (Å²) in [6.07, 6.45) is 9.29. The maximum absolute atomic E-state index is 12.2. The molecule has 0 atom stereocenters. The molecule has 5 nitrogen and oxygen atoms in total. The number of benzene rings is 1. The Hall–Kier alpha value is -2.56. The predicted molar refractivity (Wildman–Crippen MR) is 98.4 cm³/mol. The summed E-state index contributed by atoms with van der Waals surface area (Å²) in [6.45, 7) is 2.93. The second kappa shape index (κ2) is 6.75. The number of amides is 1. The highest BCUT2D eigenvalue weighted by Crippen LogP contribution is 2.29. The Balaban J connectivity index is 1.45. The number of nitrogens with one attached hydrogen (secondary N) is 2. The quantitative estimate of drug-likeness (QED) is 0.752. The van der Waals surface area contributed by atoms with Crippen molar-refractivity contribution < 1.29 is 4.79 Å². The van der Waals surface area contributed by atoms with E-state index in [1.165, 1.54) is 35.0 Å². The second-order valence-corrected chi connectivity index (χ2v) is 6.77. The summed E-state index contributed by atoms with van der Waals surface area (Å²) >= 11 is 0. The van der Waals surface area contributed by atoms with Crippen molar-refractivity contribution >= 4 is 16.8 Å². The molecule has 4 rings (SSSR count). The fraction of sp³-hybridized carbons (Fsp3) is 0.400. The van der Waals surface area contributed by atoms with Gasteiger partial charge in [-0.3, -0.25) is 4.79 Å². The smallest absolute Gasteiger partial charge is 0.240 e. The van der Waals surface area contributed by atoms with Crippen LogP contribution in [0.1, 0.15) is 42.4 Å². The molecule has 0 saturated heterocycles. The zero-order valence-corrected chi connectivity index (χ0v) is 14.6. The van der Waals surface area contributed by atoms with Crippen LogP contribution in [0.3, 0.4) is 0 Å². The lowest BCUT2D eigenvalue weighted by molar-refractivity contribution is -0.121. The first-order valence-corrected chi connectivity index (χ1v) is 9.13. The first kappa shape index (κ1) is 15.9. The molecule has 1 amide bonds. The summed E-state index contributed by atoms with van der Waals surface area (Å²) in [5.74, 6) is 0.958. The highest BCUT2D eigenvalue weighted by atomic mass is 16.1. The summed E-state index contributed by atoms with van der Waals surface area (Å²) in [6, 6.07) is 6.46. The number of rotatable bonds is 5. The maximum atomic E-state index is 12.2. The minimum atomic E-state index is 0.0175. The summed E-state index contributed by atoms with van der Waals surface area (Å²) in [4.78, 5) is 20.0. The summed E-state index contributed by atoms with van der Waals surface area (Å²) in [5.41, 5.74) is 5.23. The van der Waals surface area contributed by atoms with Crippen LogP contribution in [0.15, 0.2) is 30.6 Å². The molecule has 2 heterocycles. The summed E-state index contributed by atoms with van der Waals surface area (Å²) in [7, 11) is 0. The first-order valence-electron chi connectivity index (χ1n) is 9.13. The third-order valence-corrected chi connectivity index (χ3v) is 5.08. The van der Waals surface area contributed by atoms with Gasteiger partial charge in [0.2, 0.25) is 5.91 Å². The third kappa shape index (κ3) is 3.18. The molecule has 0 unspecified atom stereocenters. The second-order valence-electron chi connectivity index (χ2n) is 6.77. The highest BCUT2D eigenvalue weighted by Gasteiger charge is 2.15. The molecule has 0 spiro atoms. The highest BCUT2D eigenvalue weighted by molar-refractivity contribution is 5.85. The Morgan fingerprint density at radius 3 is 3.08 bits per heavy atom. The molecule has 3 aromatic rings. The first-order chi connectivity index (χ1) is 12.2. The Morgan fingerprint density at radius 1 is 1.32 bits per heavy atom. The lowest BCUT2D eigenvalue weighted by Crippen LogP contribution is -2.27. The molecule has 5 heteroatoms. The van der Waals surface area contributed by atoms with Crippen LogP contribution in [0.5, 0.6) is 0 Å². The van der Waals surface area contributed by atoms with Crippen LogP contribution in [-0.4, -0.2) is 20.4 Å². The van der Waals surface area contributed by atoms with Gasteiger partial charge in [-0.1, -0.05) is 13.0 Å². The van der Waals surface area contributed by atoms with E-state index >= 15 is 0 Å². The Bertz CT molecular complexity index is 906. The Kier molecular flexibility index (Phi) is 4.30. The predicted octanol–water partition coefficient (Wildman–Crippen LogP) is 3.12. The number of aromatic amines is 1. The van der Waals surface area contributed by atoms with Crippen molar-refractivity contribution in [2.24, 2.45) is 0 Å². The van der Waals surface area contributed by atoms with Crippen molar-refractivity contribution in [3.05, 3.63) is 53.2 Å². The lowest BCUT2D eigenvalue weighted by Gasteiger charge is -2.11. The number of imidazole rings is 1. The van der Waals surface area contributed by atoms with E-state index in [1.807, 2.05) is 17.7 Å². The van der Waals surface area contributed by atoms with E-state index in [1.54, 1.807) is 6.20 Å². The number of fused-ring (bicyclic) bond motifs is 3. The normalized spacial score (nSPS) is 13.8. The van der Waals surface area contributed by atoms with Crippen LogP contribution in [0.25, 0.3) is 10.9 Å². The number of aryl methyl sites for hydroxylation is 3. The van der Waals surface area contributed by atoms with E-state index < -0.39 is 0 Å². The number of hydrogen-bond donors (Lipinski definition) is 2. The van der Waals surface area contributed by atoms with Gasteiger partial charge in [0.15, 0.2) is 0 Å². The molecule has 0 radical (unpaired) electrons. The average molecular weight is 336 g/mol. The van der Waals surface area contributed by atoms with E-state index in [-0.39, 0.29) is 5.91 Å². The monoisotopic (exact) mass is 336 g/mol. The molecule has 0 saturated carbocycles. The van der Waals surface area contributed by atoms with Gasteiger partial charge in [-0.25, -0.2) is 4.98 Å². The van der Waals surface area contributed by atoms with Crippen molar-refractivity contribution in [3.63, 3.8) is 0 Å². The Morgan fingerprint density at radius 2 is 2.20 bits per heavy atom. The standard InChI is InChI=1S/C20H24N4O/c1-2-19-21-9-10-24(19)13-20(25)22-12-14-7-8-18-16(11-14)15-5-3-4-6-17(15)23-18/h7-11,23H,2-6,12-13H2,1H3,(H,22,25). The van der Waals surface area contributed by atoms with Crippen LogP contribution < -0.4 is 5.32 Å². The van der Waals surface area contributed by atoms with Gasteiger partial charge in [0.25, 0.3) is 0 Å². The van der Waals surface area contributed by atoms with Gasteiger partial charge in [0, 0.05) is 42.0 Å². The molecular formula is C20H24N4O. The largest absolute Gasteiger partial charge is 0.358 e. The molecule has 1 aromatic carbocycles. The molecule has 0 fully saturated rings. The molecule has 0 bridgehead atoms. The molecule has 25 heavy (non-hydrogen) atoms. The summed E-state index contributed by atoms with van der Waals surface area (Å²) < 4.78 is 1.90. The molecule has 0 aliphatic heterocycles. The van der Waals surface area contributed by atoms with E-state index in [2.05, 4.69) is 33.5 Å². The Labute approximate surface area is 147 Å². The number of aromatic nitrogens is 3. The SMILES string of the molecule is CCc1nccn1CC(=O)NCc1ccc2[nH]c3c(c2c1)CCCC3. The van der Waals surface area contributed by atoms with Gasteiger partial charge in [0.1, 0.15) is 12.4 Å². The van der Waals surface area contributed by atoms with Gasteiger partial charge in [-0.2, -0.15) is 0 Å². The molecule has 2 N–H and O–H groups in total. The van der Waals surface area contributed by atoms with Gasteiger partial charge in [-0.05, 0) is 48.9 Å². The fourth-order valence-corrected chi connectivity index (χ4v) is 3.77. The molecule has 130 valence electrons. The van der Waals surface area contributed by atoms with Crippen molar-refractivity contribution in [2.75, 3.05) is 0 Å². The van der Waals surface area contributed by atoms with E-state index in [0.717, 1.165) is 30.7 Å². The number of nitrogens with zero attached hydrogens (tertiary/aromatic N) is 2. The van der Waals surface area contributed by atoms with Gasteiger partial charge in [-0.15, -0.1) is 0 Å². The van der Waals surface area contributed by atoms with Gasteiger partial charge >= 0.3 is 0 Å². The lowest BCUT2D eigenvalue weighted by atomic mass is 9.95. The van der Waals surface area contributed by atoms with Crippen LogP contribution >= 0.6 is 0 Å². The maximum Gasteiger partial charge on any atom is 0.240 e.